The molecule has 1 aromatic heterocycles. The van der Waals surface area contributed by atoms with Gasteiger partial charge >= 0.3 is 0 Å². The van der Waals surface area contributed by atoms with Crippen LogP contribution in [0.1, 0.15) is 43.4 Å². The monoisotopic (exact) mass is 444 g/mol. The van der Waals surface area contributed by atoms with Gasteiger partial charge < -0.3 is 24.8 Å². The van der Waals surface area contributed by atoms with Gasteiger partial charge in [-0.15, -0.1) is 0 Å². The fourth-order valence-electron chi connectivity index (χ4n) is 4.02. The summed E-state index contributed by atoms with van der Waals surface area (Å²) in [4.78, 5) is 20.4. The number of aryl methyl sites for hydroxylation is 2. The number of nitrogens with zero attached hydrogens (tertiary/aromatic N) is 2. The van der Waals surface area contributed by atoms with Crippen LogP contribution >= 0.6 is 12.2 Å². The number of thiocarbonyl (C=S) groups is 1. The van der Waals surface area contributed by atoms with Crippen molar-refractivity contribution in [3.05, 3.63) is 45.2 Å². The molecule has 1 aliphatic rings. The van der Waals surface area contributed by atoms with Gasteiger partial charge in [-0.05, 0) is 86.7 Å². The van der Waals surface area contributed by atoms with Crippen LogP contribution in [0, 0.1) is 13.8 Å². The zero-order valence-electron chi connectivity index (χ0n) is 19.3. The summed E-state index contributed by atoms with van der Waals surface area (Å²) in [6.45, 7) is 14.2. The van der Waals surface area contributed by atoms with Gasteiger partial charge in [0.2, 0.25) is 0 Å². The van der Waals surface area contributed by atoms with E-state index < -0.39 is 0 Å². The standard InChI is InChI=1S/C24H36N4O2S/c1-5-27(6-2)9-10-28(24(31)25-15-21-8-7-11-30-21)16-20-14-19-12-17(3)18(4)13-22(19)26-23(20)29/h12-14,21H,5-11,15-16H2,1-4H3,(H,25,31)(H,26,29)/t21-/m1/s1. The molecular weight excluding hydrogens is 408 g/mol. The number of aromatic nitrogens is 1. The quantitative estimate of drug-likeness (QED) is 0.579. The third kappa shape index (κ3) is 6.28. The van der Waals surface area contributed by atoms with E-state index in [1.165, 1.54) is 11.1 Å². The van der Waals surface area contributed by atoms with Gasteiger partial charge in [0.05, 0.1) is 12.6 Å². The average Bonchev–Trinajstić information content (AvgIpc) is 3.27. The molecular formula is C24H36N4O2S. The molecule has 0 amide bonds. The Hall–Kier alpha value is -1.96. The summed E-state index contributed by atoms with van der Waals surface area (Å²) in [6, 6.07) is 6.19. The number of ether oxygens (including phenoxy) is 1. The van der Waals surface area contributed by atoms with E-state index in [1.807, 2.05) is 12.1 Å². The van der Waals surface area contributed by atoms with Crippen LogP contribution in [0.4, 0.5) is 0 Å². The van der Waals surface area contributed by atoms with Gasteiger partial charge in [0.25, 0.3) is 5.56 Å². The highest BCUT2D eigenvalue weighted by Crippen LogP contribution is 2.18. The Labute approximate surface area is 191 Å². The fraction of sp³-hybridized carbons (Fsp3) is 0.583. The number of fused-ring (bicyclic) bond motifs is 1. The minimum Gasteiger partial charge on any atom is -0.376 e. The third-order valence-corrected chi connectivity index (χ3v) is 6.67. The summed E-state index contributed by atoms with van der Waals surface area (Å²) < 4.78 is 5.72. The molecule has 1 aliphatic heterocycles. The predicted octanol–water partition coefficient (Wildman–Crippen LogP) is 3.34. The van der Waals surface area contributed by atoms with Crippen LogP contribution in [0.25, 0.3) is 10.9 Å². The van der Waals surface area contributed by atoms with Crippen molar-refractivity contribution in [2.45, 2.75) is 53.2 Å². The summed E-state index contributed by atoms with van der Waals surface area (Å²) in [7, 11) is 0. The second-order valence-electron chi connectivity index (χ2n) is 8.42. The lowest BCUT2D eigenvalue weighted by molar-refractivity contribution is 0.113. The van der Waals surface area contributed by atoms with E-state index in [0.29, 0.717) is 18.2 Å². The number of nitrogens with one attached hydrogen (secondary N) is 2. The first-order valence-corrected chi connectivity index (χ1v) is 11.8. The number of aromatic amines is 1. The molecule has 0 bridgehead atoms. The van der Waals surface area contributed by atoms with Crippen molar-refractivity contribution in [2.75, 3.05) is 39.3 Å². The Morgan fingerprint density at radius 2 is 1.94 bits per heavy atom. The number of benzene rings is 1. The van der Waals surface area contributed by atoms with Gasteiger partial charge in [0.1, 0.15) is 0 Å². The lowest BCUT2D eigenvalue weighted by Crippen LogP contribution is -2.46. The van der Waals surface area contributed by atoms with E-state index in [2.05, 4.69) is 53.9 Å². The second-order valence-corrected chi connectivity index (χ2v) is 8.80. The molecule has 1 atom stereocenters. The molecule has 0 saturated carbocycles. The Bertz CT molecular complexity index is 948. The van der Waals surface area contributed by atoms with E-state index in [9.17, 15) is 4.79 Å². The number of hydrogen-bond acceptors (Lipinski definition) is 4. The maximum atomic E-state index is 12.8. The summed E-state index contributed by atoms with van der Waals surface area (Å²) in [5.41, 5.74) is 3.96. The largest absolute Gasteiger partial charge is 0.376 e. The van der Waals surface area contributed by atoms with E-state index in [0.717, 1.165) is 62.1 Å². The first kappa shape index (κ1) is 23.7. The van der Waals surface area contributed by atoms with Crippen molar-refractivity contribution in [2.24, 2.45) is 0 Å². The summed E-state index contributed by atoms with van der Waals surface area (Å²) in [5, 5.41) is 5.12. The molecule has 31 heavy (non-hydrogen) atoms. The van der Waals surface area contributed by atoms with Crippen molar-refractivity contribution >= 4 is 28.2 Å². The minimum atomic E-state index is -0.0504. The maximum Gasteiger partial charge on any atom is 0.253 e. The van der Waals surface area contributed by atoms with Gasteiger partial charge in [0.15, 0.2) is 5.11 Å². The third-order valence-electron chi connectivity index (χ3n) is 6.27. The fourth-order valence-corrected chi connectivity index (χ4v) is 4.26. The molecule has 2 aromatic rings. The van der Waals surface area contributed by atoms with Crippen molar-refractivity contribution in [1.82, 2.24) is 20.1 Å². The van der Waals surface area contributed by atoms with Gasteiger partial charge in [-0.1, -0.05) is 13.8 Å². The van der Waals surface area contributed by atoms with Crippen molar-refractivity contribution in [3.8, 4) is 0 Å². The number of rotatable bonds is 9. The highest BCUT2D eigenvalue weighted by Gasteiger charge is 2.19. The van der Waals surface area contributed by atoms with Crippen LogP contribution in [0.5, 0.6) is 0 Å². The number of likely N-dealkylation sites (N-methyl/N-ethyl adjacent to an activating group) is 1. The molecule has 7 heteroatoms. The topological polar surface area (TPSA) is 60.6 Å². The lowest BCUT2D eigenvalue weighted by atomic mass is 10.0. The Balaban J connectivity index is 1.78. The normalized spacial score (nSPS) is 16.2. The lowest BCUT2D eigenvalue weighted by Gasteiger charge is -2.29. The number of H-pyrrole nitrogens is 1. The molecule has 0 spiro atoms. The average molecular weight is 445 g/mol. The molecule has 2 N–H and O–H groups in total. The van der Waals surface area contributed by atoms with Crippen LogP contribution in [0.15, 0.2) is 23.0 Å². The van der Waals surface area contributed by atoms with E-state index in [1.54, 1.807) is 0 Å². The number of pyridine rings is 1. The molecule has 170 valence electrons. The van der Waals surface area contributed by atoms with E-state index in [-0.39, 0.29) is 11.7 Å². The zero-order valence-corrected chi connectivity index (χ0v) is 20.1. The summed E-state index contributed by atoms with van der Waals surface area (Å²) >= 11 is 5.74. The predicted molar refractivity (Wildman–Crippen MR) is 132 cm³/mol. The van der Waals surface area contributed by atoms with Gasteiger partial charge in [-0.2, -0.15) is 0 Å². The van der Waals surface area contributed by atoms with Crippen LogP contribution in [0.2, 0.25) is 0 Å². The molecule has 3 rings (SSSR count). The second kappa shape index (κ2) is 11.1. The zero-order chi connectivity index (χ0) is 22.4. The molecule has 0 aliphatic carbocycles. The van der Waals surface area contributed by atoms with Gasteiger partial charge in [-0.3, -0.25) is 4.79 Å². The summed E-state index contributed by atoms with van der Waals surface area (Å²) in [5.74, 6) is 0. The Kier molecular flexibility index (Phi) is 8.46. The first-order chi connectivity index (χ1) is 14.9. The van der Waals surface area contributed by atoms with Crippen molar-refractivity contribution < 1.29 is 4.74 Å². The van der Waals surface area contributed by atoms with Gasteiger partial charge in [-0.25, -0.2) is 0 Å². The molecule has 1 aromatic carbocycles. The van der Waals surface area contributed by atoms with Crippen LogP contribution in [0.3, 0.4) is 0 Å². The molecule has 0 radical (unpaired) electrons. The van der Waals surface area contributed by atoms with Crippen LogP contribution < -0.4 is 10.9 Å². The Morgan fingerprint density at radius 1 is 1.19 bits per heavy atom. The Morgan fingerprint density at radius 3 is 2.61 bits per heavy atom. The SMILES string of the molecule is CCN(CC)CCN(Cc1cc2cc(C)c(C)cc2[nH]c1=O)C(=S)NC[C@H]1CCCO1. The minimum absolute atomic E-state index is 0.0504. The van der Waals surface area contributed by atoms with E-state index in [4.69, 9.17) is 17.0 Å². The van der Waals surface area contributed by atoms with Crippen LogP contribution in [-0.4, -0.2) is 65.3 Å². The van der Waals surface area contributed by atoms with Gasteiger partial charge in [0, 0.05) is 37.3 Å². The highest BCUT2D eigenvalue weighted by atomic mass is 32.1. The van der Waals surface area contributed by atoms with Crippen molar-refractivity contribution in [3.63, 3.8) is 0 Å². The smallest absolute Gasteiger partial charge is 0.253 e. The molecule has 2 heterocycles. The van der Waals surface area contributed by atoms with Crippen LogP contribution in [-0.2, 0) is 11.3 Å². The molecule has 6 nitrogen and oxygen atoms in total. The highest BCUT2D eigenvalue weighted by molar-refractivity contribution is 7.80. The van der Waals surface area contributed by atoms with Crippen molar-refractivity contribution in [1.29, 1.82) is 0 Å². The molecule has 1 saturated heterocycles. The maximum absolute atomic E-state index is 12.8. The number of hydrogen-bond donors (Lipinski definition) is 2. The molecule has 1 fully saturated rings. The first-order valence-electron chi connectivity index (χ1n) is 11.4. The van der Waals surface area contributed by atoms with E-state index >= 15 is 0 Å². The summed E-state index contributed by atoms with van der Waals surface area (Å²) in [6.07, 6.45) is 2.40. The molecule has 0 unspecified atom stereocenters.